The molecule has 2 unspecified atom stereocenters. The maximum Gasteiger partial charge on any atom is 0.306 e. The van der Waals surface area contributed by atoms with Gasteiger partial charge in [0.15, 0.2) is 0 Å². The molecule has 5 heteroatoms. The predicted molar refractivity (Wildman–Crippen MR) is 100 cm³/mol. The molecule has 0 aliphatic carbocycles. The molecule has 5 nitrogen and oxygen atoms in total. The molecule has 0 spiro atoms. The number of carbonyl (C=O) groups is 1. The van der Waals surface area contributed by atoms with Crippen molar-refractivity contribution in [3.63, 3.8) is 0 Å². The summed E-state index contributed by atoms with van der Waals surface area (Å²) in [4.78, 5) is 12.2. The first-order chi connectivity index (χ1) is 12.4. The zero-order chi connectivity index (χ0) is 19.1. The highest BCUT2D eigenvalue weighted by Gasteiger charge is 2.29. The van der Waals surface area contributed by atoms with E-state index < -0.39 is 18.0 Å². The number of aromatic hydroxyl groups is 1. The van der Waals surface area contributed by atoms with Crippen molar-refractivity contribution in [1.82, 2.24) is 0 Å². The lowest BCUT2D eigenvalue weighted by molar-refractivity contribution is -0.146. The topological polar surface area (TPSA) is 90.6 Å². The summed E-state index contributed by atoms with van der Waals surface area (Å²) in [7, 11) is 0. The van der Waals surface area contributed by atoms with Crippen molar-refractivity contribution in [3.05, 3.63) is 65.7 Å². The predicted octanol–water partition coefficient (Wildman–Crippen LogP) is 3.70. The highest BCUT2D eigenvalue weighted by atomic mass is 16.5. The summed E-state index contributed by atoms with van der Waals surface area (Å²) in [5.74, 6) is -0.880. The number of aliphatic hydroxyl groups is 1. The van der Waals surface area contributed by atoms with Gasteiger partial charge in [-0.3, -0.25) is 4.79 Å². The van der Waals surface area contributed by atoms with Crippen LogP contribution in [0.15, 0.2) is 54.6 Å². The van der Waals surface area contributed by atoms with E-state index in [1.165, 1.54) is 12.1 Å². The van der Waals surface area contributed by atoms with Crippen molar-refractivity contribution >= 4 is 11.7 Å². The summed E-state index contributed by atoms with van der Waals surface area (Å²) in [5, 5.41) is 28.7. The van der Waals surface area contributed by atoms with E-state index in [1.807, 2.05) is 19.9 Å². The monoisotopic (exact) mass is 355 g/mol. The summed E-state index contributed by atoms with van der Waals surface area (Å²) < 4.78 is 5.24. The number of rotatable bonds is 8. The minimum Gasteiger partial charge on any atom is -0.508 e. The Morgan fingerprint density at radius 3 is 2.27 bits per heavy atom. The maximum absolute atomic E-state index is 12.2. The second kappa shape index (κ2) is 9.15. The standard InChI is InChI=1S/C21H25NO4/c1-14(2)13-26-19(24)12-18(21(25)16-6-4-3-5-7-16)20(22)15-8-10-17(23)11-9-15/h3-11,14,18,21-23,25H,12-13H2,1-2H3. The molecule has 2 aromatic carbocycles. The van der Waals surface area contributed by atoms with Crippen LogP contribution >= 0.6 is 0 Å². The van der Waals surface area contributed by atoms with Crippen LogP contribution in [0.1, 0.15) is 37.5 Å². The van der Waals surface area contributed by atoms with Gasteiger partial charge < -0.3 is 20.4 Å². The molecule has 0 fully saturated rings. The first kappa shape index (κ1) is 19.7. The number of nitrogens with one attached hydrogen (secondary N) is 1. The molecule has 0 radical (unpaired) electrons. The lowest BCUT2D eigenvalue weighted by Gasteiger charge is -2.24. The molecule has 0 saturated heterocycles. The van der Waals surface area contributed by atoms with Gasteiger partial charge in [-0.25, -0.2) is 0 Å². The van der Waals surface area contributed by atoms with Crippen LogP contribution in [0.3, 0.4) is 0 Å². The Hall–Kier alpha value is -2.66. The van der Waals surface area contributed by atoms with E-state index in [9.17, 15) is 15.0 Å². The first-order valence-corrected chi connectivity index (χ1v) is 8.65. The number of phenolic OH excluding ortho intramolecular Hbond substituents is 1. The Labute approximate surface area is 153 Å². The third kappa shape index (κ3) is 5.43. The maximum atomic E-state index is 12.2. The lowest BCUT2D eigenvalue weighted by atomic mass is 9.85. The van der Waals surface area contributed by atoms with Crippen LogP contribution in [-0.2, 0) is 9.53 Å². The van der Waals surface area contributed by atoms with Gasteiger partial charge in [-0.1, -0.05) is 44.2 Å². The van der Waals surface area contributed by atoms with Gasteiger partial charge in [0.25, 0.3) is 0 Å². The zero-order valence-corrected chi connectivity index (χ0v) is 15.1. The minimum atomic E-state index is -1.01. The van der Waals surface area contributed by atoms with Crippen molar-refractivity contribution < 1.29 is 19.7 Å². The first-order valence-electron chi connectivity index (χ1n) is 8.65. The van der Waals surface area contributed by atoms with E-state index in [0.29, 0.717) is 17.7 Å². The van der Waals surface area contributed by atoms with E-state index in [2.05, 4.69) is 0 Å². The summed E-state index contributed by atoms with van der Waals surface area (Å²) in [6.07, 6.45) is -1.10. The number of esters is 1. The van der Waals surface area contributed by atoms with Gasteiger partial charge in [0.2, 0.25) is 0 Å². The molecule has 138 valence electrons. The third-order valence-electron chi connectivity index (χ3n) is 4.04. The van der Waals surface area contributed by atoms with Crippen molar-refractivity contribution in [2.24, 2.45) is 11.8 Å². The average Bonchev–Trinajstić information content (AvgIpc) is 2.64. The van der Waals surface area contributed by atoms with Gasteiger partial charge in [0.05, 0.1) is 19.1 Å². The molecule has 2 rings (SSSR count). The van der Waals surface area contributed by atoms with E-state index in [4.69, 9.17) is 10.1 Å². The SMILES string of the molecule is CC(C)COC(=O)CC(C(=N)c1ccc(O)cc1)C(O)c1ccccc1. The van der Waals surface area contributed by atoms with E-state index >= 15 is 0 Å². The van der Waals surface area contributed by atoms with Crippen molar-refractivity contribution in [3.8, 4) is 5.75 Å². The molecule has 0 aliphatic heterocycles. The molecule has 0 heterocycles. The van der Waals surface area contributed by atoms with Crippen molar-refractivity contribution in [2.45, 2.75) is 26.4 Å². The summed E-state index contributed by atoms with van der Waals surface area (Å²) in [5.41, 5.74) is 1.31. The van der Waals surface area contributed by atoms with Crippen LogP contribution < -0.4 is 0 Å². The number of aliphatic hydroxyl groups excluding tert-OH is 1. The quantitative estimate of drug-likeness (QED) is 0.497. The van der Waals surface area contributed by atoms with Gasteiger partial charge in [-0.15, -0.1) is 0 Å². The van der Waals surface area contributed by atoms with Crippen LogP contribution in [0.2, 0.25) is 0 Å². The number of ether oxygens (including phenoxy) is 1. The van der Waals surface area contributed by atoms with E-state index in [-0.39, 0.29) is 23.8 Å². The lowest BCUT2D eigenvalue weighted by Crippen LogP contribution is -2.27. The molecule has 0 bridgehead atoms. The fourth-order valence-corrected chi connectivity index (χ4v) is 2.61. The van der Waals surface area contributed by atoms with Gasteiger partial charge in [-0.05, 0) is 41.3 Å². The molecular weight excluding hydrogens is 330 g/mol. The Morgan fingerprint density at radius 1 is 1.08 bits per heavy atom. The molecule has 2 aromatic rings. The Kier molecular flexibility index (Phi) is 6.92. The van der Waals surface area contributed by atoms with Crippen molar-refractivity contribution in [2.75, 3.05) is 6.61 Å². The van der Waals surface area contributed by atoms with Gasteiger partial charge in [0, 0.05) is 11.6 Å². The second-order valence-corrected chi connectivity index (χ2v) is 6.70. The van der Waals surface area contributed by atoms with E-state index in [0.717, 1.165) is 0 Å². The van der Waals surface area contributed by atoms with Gasteiger partial charge in [-0.2, -0.15) is 0 Å². The normalized spacial score (nSPS) is 13.2. The van der Waals surface area contributed by atoms with Crippen LogP contribution in [0, 0.1) is 17.2 Å². The summed E-state index contributed by atoms with van der Waals surface area (Å²) in [6.45, 7) is 4.20. The van der Waals surface area contributed by atoms with Gasteiger partial charge >= 0.3 is 5.97 Å². The highest BCUT2D eigenvalue weighted by molar-refractivity contribution is 6.01. The molecule has 0 aromatic heterocycles. The molecule has 26 heavy (non-hydrogen) atoms. The second-order valence-electron chi connectivity index (χ2n) is 6.70. The smallest absolute Gasteiger partial charge is 0.306 e. The van der Waals surface area contributed by atoms with Crippen LogP contribution in [-0.4, -0.2) is 28.5 Å². The van der Waals surface area contributed by atoms with Crippen molar-refractivity contribution in [1.29, 1.82) is 5.41 Å². The fourth-order valence-electron chi connectivity index (χ4n) is 2.61. The largest absolute Gasteiger partial charge is 0.508 e. The van der Waals surface area contributed by atoms with Crippen LogP contribution in [0.25, 0.3) is 0 Å². The molecule has 0 aliphatic rings. The number of hydrogen-bond donors (Lipinski definition) is 3. The van der Waals surface area contributed by atoms with Crippen LogP contribution in [0.4, 0.5) is 0 Å². The fraction of sp³-hybridized carbons (Fsp3) is 0.333. The molecule has 3 N–H and O–H groups in total. The number of benzene rings is 2. The highest BCUT2D eigenvalue weighted by Crippen LogP contribution is 2.29. The Morgan fingerprint density at radius 2 is 1.69 bits per heavy atom. The number of carbonyl (C=O) groups excluding carboxylic acids is 1. The summed E-state index contributed by atoms with van der Waals surface area (Å²) in [6, 6.07) is 15.1. The minimum absolute atomic E-state index is 0.0948. The van der Waals surface area contributed by atoms with E-state index in [1.54, 1.807) is 36.4 Å². The number of phenols is 1. The molecule has 2 atom stereocenters. The average molecular weight is 355 g/mol. The summed E-state index contributed by atoms with van der Waals surface area (Å²) >= 11 is 0. The van der Waals surface area contributed by atoms with Crippen LogP contribution in [0.5, 0.6) is 5.75 Å². The Balaban J connectivity index is 2.24. The van der Waals surface area contributed by atoms with Gasteiger partial charge in [0.1, 0.15) is 5.75 Å². The third-order valence-corrected chi connectivity index (χ3v) is 4.04. The molecule has 0 amide bonds. The molecule has 0 saturated carbocycles. The molecular formula is C21H25NO4. The Bertz CT molecular complexity index is 725. The number of hydrogen-bond acceptors (Lipinski definition) is 5. The zero-order valence-electron chi connectivity index (χ0n) is 15.1.